The molecule has 0 amide bonds. The quantitative estimate of drug-likeness (QED) is 0.141. The van der Waals surface area contributed by atoms with Crippen molar-refractivity contribution in [3.05, 3.63) is 146 Å². The van der Waals surface area contributed by atoms with Gasteiger partial charge in [-0.1, -0.05) is 48.5 Å². The molecule has 0 bridgehead atoms. The van der Waals surface area contributed by atoms with Crippen LogP contribution in [0.5, 0.6) is 0 Å². The standard InChI is InChI=1S/C43H34N3Si/c1-47(2,3)31-24-21-29(22-25-31)44(28-13-5-4-6-14-28)30-23-26-38-39(27-30)46-37-20-12-10-18-35(37)41-33-16-8-7-15-32(33)40-34-17-9-11-19-36(34)45(38)42(40)43(41)46/h4-27,47H,1-3H3/q-1. The van der Waals surface area contributed by atoms with Crippen LogP contribution >= 0.6 is 0 Å². The van der Waals surface area contributed by atoms with Gasteiger partial charge in [0.15, 0.2) is 0 Å². The number of aromatic nitrogens is 2. The third-order valence-corrected chi connectivity index (χ3v) is 12.7. The molecule has 7 aromatic carbocycles. The molecular formula is C43H34N3Si-. The van der Waals surface area contributed by atoms with Crippen molar-refractivity contribution in [1.82, 2.24) is 8.80 Å². The first-order valence-electron chi connectivity index (χ1n) is 16.7. The van der Waals surface area contributed by atoms with Gasteiger partial charge in [-0.05, 0) is 5.39 Å². The molecule has 0 atom stereocenters. The number of hydrogen-bond donors (Lipinski definition) is 0. The summed E-state index contributed by atoms with van der Waals surface area (Å²) >= 11 is 0. The van der Waals surface area contributed by atoms with E-state index >= 15 is 0 Å². The number of rotatable bonds is 4. The number of nitrogens with zero attached hydrogens (tertiary/aromatic N) is 3. The van der Waals surface area contributed by atoms with Gasteiger partial charge < -0.3 is 0 Å². The van der Waals surface area contributed by atoms with Crippen LogP contribution in [0, 0.1) is 0 Å². The first-order valence-corrected chi connectivity index (χ1v) is 20.8. The van der Waals surface area contributed by atoms with Gasteiger partial charge in [0.05, 0.1) is 0 Å². The maximum atomic E-state index is 2.54. The van der Waals surface area contributed by atoms with Crippen LogP contribution in [0.2, 0.25) is 19.6 Å². The monoisotopic (exact) mass is 620 g/mol. The van der Waals surface area contributed by atoms with Crippen LogP contribution in [-0.4, -0.2) is 16.9 Å². The first-order chi connectivity index (χ1) is 23.0. The van der Waals surface area contributed by atoms with Crippen molar-refractivity contribution in [2.24, 2.45) is 0 Å². The van der Waals surface area contributed by atoms with Crippen LogP contribution in [0.15, 0.2) is 146 Å². The SMILES string of the molecule is C[SiH-](C)(C)c1ccc(N(c2ccccc2)c2ccc3c(c2)n2c4ccccc4c4c5ccccc5c5c6ccccc6n3c5c42)cc1. The summed E-state index contributed by atoms with van der Waals surface area (Å²) in [6, 6.07) is 54.0. The van der Waals surface area contributed by atoms with Crippen molar-refractivity contribution in [3.63, 3.8) is 0 Å². The van der Waals surface area contributed by atoms with Crippen molar-refractivity contribution < 1.29 is 0 Å². The molecule has 0 spiro atoms. The van der Waals surface area contributed by atoms with Crippen molar-refractivity contribution in [1.29, 1.82) is 0 Å². The molecule has 0 unspecified atom stereocenters. The maximum absolute atomic E-state index is 2.54. The Balaban J connectivity index is 1.38. The second kappa shape index (κ2) is 9.47. The molecular weight excluding hydrogens is 587 g/mol. The molecule has 226 valence electrons. The van der Waals surface area contributed by atoms with E-state index in [1.165, 1.54) is 76.3 Å². The molecule has 0 N–H and O–H groups in total. The van der Waals surface area contributed by atoms with E-state index in [-0.39, 0.29) is 0 Å². The number of anilines is 3. The van der Waals surface area contributed by atoms with Gasteiger partial charge in [0.25, 0.3) is 0 Å². The number of hydrogen-bond acceptors (Lipinski definition) is 1. The molecule has 10 rings (SSSR count). The zero-order valence-electron chi connectivity index (χ0n) is 26.8. The van der Waals surface area contributed by atoms with Crippen LogP contribution in [0.4, 0.5) is 17.1 Å². The van der Waals surface area contributed by atoms with Crippen molar-refractivity contribution in [2.45, 2.75) is 19.6 Å². The fourth-order valence-electron chi connectivity index (χ4n) is 8.14. The number of benzene rings is 7. The average Bonchev–Trinajstić information content (AvgIpc) is 3.63. The third-order valence-electron chi connectivity index (χ3n) is 10.3. The van der Waals surface area contributed by atoms with Gasteiger partial charge in [0.2, 0.25) is 0 Å². The Kier molecular flexibility index (Phi) is 5.36. The third kappa shape index (κ3) is 3.62. The molecule has 0 aliphatic heterocycles. The van der Waals surface area contributed by atoms with E-state index in [4.69, 9.17) is 0 Å². The molecule has 0 aliphatic carbocycles. The van der Waals surface area contributed by atoms with E-state index in [0.717, 1.165) is 11.4 Å². The summed E-state index contributed by atoms with van der Waals surface area (Å²) in [5, 5.41) is 9.35. The van der Waals surface area contributed by atoms with Crippen molar-refractivity contribution >= 4 is 95.7 Å². The predicted octanol–water partition coefficient (Wildman–Crippen LogP) is 11.1. The van der Waals surface area contributed by atoms with Gasteiger partial charge in [0, 0.05) is 0 Å². The van der Waals surface area contributed by atoms with Gasteiger partial charge >= 0.3 is 221 Å². The molecule has 3 aromatic heterocycles. The molecule has 3 heterocycles. The average molecular weight is 621 g/mol. The summed E-state index contributed by atoms with van der Waals surface area (Å²) in [5.74, 6) is 0. The minimum absolute atomic E-state index is 1.14. The summed E-state index contributed by atoms with van der Waals surface area (Å²) in [7, 11) is -1.74. The van der Waals surface area contributed by atoms with Crippen LogP contribution in [0.3, 0.4) is 0 Å². The van der Waals surface area contributed by atoms with E-state index in [9.17, 15) is 0 Å². The molecule has 0 aliphatic rings. The van der Waals surface area contributed by atoms with Gasteiger partial charge in [-0.15, -0.1) is 0 Å². The Bertz CT molecular complexity index is 2810. The van der Waals surface area contributed by atoms with Crippen molar-refractivity contribution in [2.75, 3.05) is 4.90 Å². The normalized spacial score (nSPS) is 12.9. The van der Waals surface area contributed by atoms with Gasteiger partial charge in [-0.25, -0.2) is 0 Å². The van der Waals surface area contributed by atoms with Gasteiger partial charge in [-0.2, -0.15) is 0 Å². The van der Waals surface area contributed by atoms with E-state index < -0.39 is 8.07 Å². The van der Waals surface area contributed by atoms with E-state index in [0.29, 0.717) is 0 Å². The number of fused-ring (bicyclic) bond motifs is 12. The van der Waals surface area contributed by atoms with E-state index in [1.54, 1.807) is 0 Å². The molecule has 0 saturated heterocycles. The van der Waals surface area contributed by atoms with Crippen LogP contribution in [0.25, 0.3) is 65.4 Å². The zero-order valence-corrected chi connectivity index (χ0v) is 27.9. The summed E-state index contributed by atoms with van der Waals surface area (Å²) in [4.78, 5) is 2.40. The van der Waals surface area contributed by atoms with Crippen LogP contribution < -0.4 is 10.1 Å². The summed E-state index contributed by atoms with van der Waals surface area (Å²) in [6.45, 7) is 7.31. The predicted molar refractivity (Wildman–Crippen MR) is 206 cm³/mol. The van der Waals surface area contributed by atoms with Gasteiger partial charge in [-0.3, -0.25) is 0 Å². The van der Waals surface area contributed by atoms with Crippen molar-refractivity contribution in [3.8, 4) is 0 Å². The molecule has 4 heteroatoms. The zero-order chi connectivity index (χ0) is 31.4. The fourth-order valence-corrected chi connectivity index (χ4v) is 9.48. The Hall–Kier alpha value is -5.58. The molecule has 47 heavy (non-hydrogen) atoms. The minimum atomic E-state index is -1.74. The Labute approximate surface area is 273 Å². The molecule has 3 nitrogen and oxygen atoms in total. The molecule has 0 radical (unpaired) electrons. The van der Waals surface area contributed by atoms with E-state index in [2.05, 4.69) is 179 Å². The second-order valence-electron chi connectivity index (χ2n) is 14.2. The first kappa shape index (κ1) is 26.6. The number of para-hydroxylation sites is 3. The second-order valence-corrected chi connectivity index (χ2v) is 20.1. The summed E-state index contributed by atoms with van der Waals surface area (Å²) in [6.07, 6.45) is 0. The molecule has 10 aromatic rings. The Morgan fingerprint density at radius 2 is 0.872 bits per heavy atom. The summed E-state index contributed by atoms with van der Waals surface area (Å²) in [5.41, 5.74) is 10.9. The topological polar surface area (TPSA) is 12.1 Å². The summed E-state index contributed by atoms with van der Waals surface area (Å²) < 4.78 is 5.06. The van der Waals surface area contributed by atoms with Gasteiger partial charge in [0.1, 0.15) is 0 Å². The van der Waals surface area contributed by atoms with Crippen LogP contribution in [0.1, 0.15) is 0 Å². The van der Waals surface area contributed by atoms with Crippen LogP contribution in [-0.2, 0) is 0 Å². The fraction of sp³-hybridized carbons (Fsp3) is 0.0698. The van der Waals surface area contributed by atoms with E-state index in [1.807, 2.05) is 0 Å². The Morgan fingerprint density at radius 3 is 1.45 bits per heavy atom. The Morgan fingerprint density at radius 1 is 0.404 bits per heavy atom. The molecule has 0 fully saturated rings. The molecule has 0 saturated carbocycles.